The molecule has 1 aliphatic rings. The number of ether oxygens (including phenoxy) is 2. The van der Waals surface area contributed by atoms with Crippen LogP contribution < -0.4 is 14.8 Å². The van der Waals surface area contributed by atoms with E-state index in [1.807, 2.05) is 65.2 Å². The van der Waals surface area contributed by atoms with Crippen molar-refractivity contribution < 1.29 is 19.1 Å². The number of hydrogen-bond acceptors (Lipinski definition) is 4. The van der Waals surface area contributed by atoms with Gasteiger partial charge in [0, 0.05) is 34.8 Å². The molecule has 154 valence electrons. The summed E-state index contributed by atoms with van der Waals surface area (Å²) in [5.41, 5.74) is 2.98. The number of nitrogens with zero attached hydrogens (tertiary/aromatic N) is 1. The highest BCUT2D eigenvalue weighted by atomic mass is 16.7. The number of carbonyl (C=O) groups excluding carboxylic acids is 2. The van der Waals surface area contributed by atoms with Gasteiger partial charge in [0.05, 0.1) is 0 Å². The minimum Gasteiger partial charge on any atom is -0.454 e. The Hall–Kier alpha value is -4.06. The van der Waals surface area contributed by atoms with Gasteiger partial charge in [-0.15, -0.1) is 0 Å². The van der Waals surface area contributed by atoms with Gasteiger partial charge in [0.15, 0.2) is 17.3 Å². The molecule has 0 aliphatic carbocycles. The van der Waals surface area contributed by atoms with Crippen molar-refractivity contribution in [2.24, 2.45) is 0 Å². The van der Waals surface area contributed by atoms with E-state index in [0.29, 0.717) is 29.2 Å². The second kappa shape index (κ2) is 7.99. The molecule has 0 bridgehead atoms. The molecule has 0 unspecified atom stereocenters. The zero-order chi connectivity index (χ0) is 21.2. The maximum Gasteiger partial charge on any atom is 0.240 e. The van der Waals surface area contributed by atoms with Crippen molar-refractivity contribution in [2.45, 2.75) is 13.1 Å². The van der Waals surface area contributed by atoms with E-state index in [1.165, 1.54) is 0 Å². The number of fused-ring (bicyclic) bond motifs is 2. The Balaban J connectivity index is 1.34. The van der Waals surface area contributed by atoms with Gasteiger partial charge >= 0.3 is 0 Å². The minimum absolute atomic E-state index is 0.0590. The van der Waals surface area contributed by atoms with Crippen LogP contribution in [0.4, 0.5) is 0 Å². The number of hydrogen-bond donors (Lipinski definition) is 1. The number of nitrogens with one attached hydrogen (secondary N) is 1. The van der Waals surface area contributed by atoms with Gasteiger partial charge in [-0.1, -0.05) is 54.6 Å². The molecule has 5 rings (SSSR count). The van der Waals surface area contributed by atoms with Gasteiger partial charge in [0.1, 0.15) is 6.54 Å². The third-order valence-electron chi connectivity index (χ3n) is 5.31. The van der Waals surface area contributed by atoms with Crippen molar-refractivity contribution >= 4 is 22.6 Å². The minimum atomic E-state index is -0.142. The summed E-state index contributed by atoms with van der Waals surface area (Å²) in [4.78, 5) is 25.7. The maximum absolute atomic E-state index is 13.0. The van der Waals surface area contributed by atoms with Gasteiger partial charge in [0.2, 0.25) is 12.7 Å². The van der Waals surface area contributed by atoms with Crippen LogP contribution in [0.25, 0.3) is 10.9 Å². The number of benzene rings is 3. The standard InChI is InChI=1S/C25H20N2O4/c28-24(26-13-17-10-11-22-23(12-17)31-16-30-22)15-27-14-20(19-8-4-5-9-21(19)27)25(29)18-6-2-1-3-7-18/h1-12,14H,13,15-16H2,(H,26,28). The molecule has 6 heteroatoms. The van der Waals surface area contributed by atoms with E-state index in [-0.39, 0.29) is 25.0 Å². The van der Waals surface area contributed by atoms with Gasteiger partial charge in [0.25, 0.3) is 0 Å². The predicted molar refractivity (Wildman–Crippen MR) is 116 cm³/mol. The Kier molecular flexibility index (Phi) is 4.88. The first-order valence-electron chi connectivity index (χ1n) is 10.0. The summed E-state index contributed by atoms with van der Waals surface area (Å²) in [7, 11) is 0. The average molecular weight is 412 g/mol. The number of rotatable bonds is 6. The fourth-order valence-corrected chi connectivity index (χ4v) is 3.77. The summed E-state index contributed by atoms with van der Waals surface area (Å²) in [5, 5.41) is 3.77. The molecule has 6 nitrogen and oxygen atoms in total. The van der Waals surface area contributed by atoms with E-state index in [2.05, 4.69) is 5.32 Å². The summed E-state index contributed by atoms with van der Waals surface area (Å²) >= 11 is 0. The Morgan fingerprint density at radius 3 is 2.55 bits per heavy atom. The monoisotopic (exact) mass is 412 g/mol. The molecule has 1 amide bonds. The fraction of sp³-hybridized carbons (Fsp3) is 0.120. The molecule has 0 saturated carbocycles. The van der Waals surface area contributed by atoms with Gasteiger partial charge in [-0.25, -0.2) is 0 Å². The molecule has 0 spiro atoms. The van der Waals surface area contributed by atoms with E-state index in [0.717, 1.165) is 16.5 Å². The quantitative estimate of drug-likeness (QED) is 0.488. The molecule has 0 saturated heterocycles. The van der Waals surface area contributed by atoms with Gasteiger partial charge in [-0.2, -0.15) is 0 Å². The van der Waals surface area contributed by atoms with Crippen LogP contribution in [0.2, 0.25) is 0 Å². The molecule has 0 radical (unpaired) electrons. The van der Waals surface area contributed by atoms with E-state index >= 15 is 0 Å². The Morgan fingerprint density at radius 2 is 1.68 bits per heavy atom. The summed E-state index contributed by atoms with van der Waals surface area (Å²) < 4.78 is 12.5. The van der Waals surface area contributed by atoms with Gasteiger partial charge < -0.3 is 19.4 Å². The van der Waals surface area contributed by atoms with Crippen LogP contribution in [0.1, 0.15) is 21.5 Å². The first kappa shape index (κ1) is 18.9. The number of ketones is 1. The van der Waals surface area contributed by atoms with Crippen LogP contribution in [-0.2, 0) is 17.9 Å². The topological polar surface area (TPSA) is 69.6 Å². The summed E-state index contributed by atoms with van der Waals surface area (Å²) in [6.07, 6.45) is 1.76. The molecule has 1 N–H and O–H groups in total. The number of para-hydroxylation sites is 1. The molecule has 0 fully saturated rings. The lowest BCUT2D eigenvalue weighted by Crippen LogP contribution is -2.26. The highest BCUT2D eigenvalue weighted by Gasteiger charge is 2.18. The lowest BCUT2D eigenvalue weighted by molar-refractivity contribution is -0.121. The lowest BCUT2D eigenvalue weighted by atomic mass is 10.0. The number of carbonyl (C=O) groups is 2. The third kappa shape index (κ3) is 3.75. The Labute approximate surface area is 179 Å². The van der Waals surface area contributed by atoms with E-state index < -0.39 is 0 Å². The zero-order valence-corrected chi connectivity index (χ0v) is 16.7. The van der Waals surface area contributed by atoms with Crippen LogP contribution in [0.15, 0.2) is 79.0 Å². The van der Waals surface area contributed by atoms with E-state index in [1.54, 1.807) is 18.3 Å². The van der Waals surface area contributed by atoms with Crippen LogP contribution >= 0.6 is 0 Å². The zero-order valence-electron chi connectivity index (χ0n) is 16.7. The number of aromatic nitrogens is 1. The Bertz CT molecular complexity index is 1280. The van der Waals surface area contributed by atoms with Crippen molar-refractivity contribution in [3.63, 3.8) is 0 Å². The van der Waals surface area contributed by atoms with Crippen molar-refractivity contribution in [3.8, 4) is 11.5 Å². The molecule has 1 aliphatic heterocycles. The van der Waals surface area contributed by atoms with Crippen molar-refractivity contribution in [3.05, 3.63) is 95.7 Å². The van der Waals surface area contributed by atoms with Crippen LogP contribution in [0.3, 0.4) is 0 Å². The van der Waals surface area contributed by atoms with Crippen molar-refractivity contribution in [2.75, 3.05) is 6.79 Å². The van der Waals surface area contributed by atoms with E-state index in [4.69, 9.17) is 9.47 Å². The molecular weight excluding hydrogens is 392 g/mol. The highest BCUT2D eigenvalue weighted by molar-refractivity contribution is 6.16. The van der Waals surface area contributed by atoms with Crippen LogP contribution in [0.5, 0.6) is 11.5 Å². The first-order valence-corrected chi connectivity index (χ1v) is 10.0. The maximum atomic E-state index is 13.0. The van der Waals surface area contributed by atoms with Gasteiger partial charge in [-0.05, 0) is 23.8 Å². The summed E-state index contributed by atoms with van der Waals surface area (Å²) in [6.45, 7) is 0.716. The fourth-order valence-electron chi connectivity index (χ4n) is 3.77. The molecule has 1 aromatic heterocycles. The smallest absolute Gasteiger partial charge is 0.240 e. The van der Waals surface area contributed by atoms with E-state index in [9.17, 15) is 9.59 Å². The van der Waals surface area contributed by atoms with Crippen molar-refractivity contribution in [1.29, 1.82) is 0 Å². The highest BCUT2D eigenvalue weighted by Crippen LogP contribution is 2.32. The predicted octanol–water partition coefficient (Wildman–Crippen LogP) is 3.92. The summed E-state index contributed by atoms with van der Waals surface area (Å²) in [5.74, 6) is 1.20. The summed E-state index contributed by atoms with van der Waals surface area (Å²) in [6, 6.07) is 22.4. The first-order chi connectivity index (χ1) is 15.2. The van der Waals surface area contributed by atoms with Crippen molar-refractivity contribution in [1.82, 2.24) is 9.88 Å². The molecule has 4 aromatic rings. The third-order valence-corrected chi connectivity index (χ3v) is 5.31. The number of amides is 1. The second-order valence-electron chi connectivity index (χ2n) is 7.35. The lowest BCUT2D eigenvalue weighted by Gasteiger charge is -2.08. The van der Waals surface area contributed by atoms with Crippen LogP contribution in [0, 0.1) is 0 Å². The Morgan fingerprint density at radius 1 is 0.903 bits per heavy atom. The largest absolute Gasteiger partial charge is 0.454 e. The second-order valence-corrected chi connectivity index (χ2v) is 7.35. The molecular formula is C25H20N2O4. The van der Waals surface area contributed by atoms with Gasteiger partial charge in [-0.3, -0.25) is 9.59 Å². The van der Waals surface area contributed by atoms with Crippen LogP contribution in [-0.4, -0.2) is 23.1 Å². The molecule has 3 aromatic carbocycles. The molecule has 2 heterocycles. The normalized spacial score (nSPS) is 12.1. The SMILES string of the molecule is O=C(Cn1cc(C(=O)c2ccccc2)c2ccccc21)NCc1ccc2c(c1)OCO2. The average Bonchev–Trinajstić information content (AvgIpc) is 3.42. The molecule has 0 atom stereocenters. The molecule has 31 heavy (non-hydrogen) atoms.